The van der Waals surface area contributed by atoms with Crippen LogP contribution in [0.2, 0.25) is 0 Å². The number of rotatable bonds is 3. The molecule has 0 aromatic heterocycles. The molecule has 0 spiro atoms. The van der Waals surface area contributed by atoms with Crippen molar-refractivity contribution in [2.45, 2.75) is 25.3 Å². The van der Waals surface area contributed by atoms with E-state index in [9.17, 15) is 24.8 Å². The molecular formula is C13H15N3O5. The van der Waals surface area contributed by atoms with E-state index in [1.54, 1.807) is 0 Å². The number of carbonyl (C=O) groups is 2. The van der Waals surface area contributed by atoms with Crippen LogP contribution >= 0.6 is 0 Å². The summed E-state index contributed by atoms with van der Waals surface area (Å²) < 4.78 is 0. The van der Waals surface area contributed by atoms with Gasteiger partial charge in [0.2, 0.25) is 0 Å². The number of aliphatic carboxylic acids is 1. The fourth-order valence-corrected chi connectivity index (χ4v) is 2.48. The molecule has 3 N–H and O–H groups in total. The van der Waals surface area contributed by atoms with Crippen LogP contribution in [0.3, 0.4) is 0 Å². The van der Waals surface area contributed by atoms with Crippen LogP contribution < -0.4 is 5.73 Å². The van der Waals surface area contributed by atoms with E-state index in [1.165, 1.54) is 23.1 Å². The molecule has 1 unspecified atom stereocenters. The Balaban J connectivity index is 2.37. The molecule has 8 nitrogen and oxygen atoms in total. The number of anilines is 1. The van der Waals surface area contributed by atoms with Gasteiger partial charge in [-0.15, -0.1) is 0 Å². The van der Waals surface area contributed by atoms with Crippen molar-refractivity contribution in [3.05, 3.63) is 33.9 Å². The number of amides is 1. The molecule has 1 fully saturated rings. The maximum absolute atomic E-state index is 12.5. The summed E-state index contributed by atoms with van der Waals surface area (Å²) >= 11 is 0. The van der Waals surface area contributed by atoms with Gasteiger partial charge in [-0.25, -0.2) is 4.79 Å². The minimum atomic E-state index is -1.08. The predicted molar refractivity (Wildman–Crippen MR) is 73.8 cm³/mol. The lowest BCUT2D eigenvalue weighted by Gasteiger charge is -2.33. The van der Waals surface area contributed by atoms with Crippen LogP contribution in [0.25, 0.3) is 0 Å². The van der Waals surface area contributed by atoms with Crippen molar-refractivity contribution < 1.29 is 19.6 Å². The summed E-state index contributed by atoms with van der Waals surface area (Å²) in [7, 11) is 0. The normalized spacial score (nSPS) is 18.3. The van der Waals surface area contributed by atoms with Crippen molar-refractivity contribution in [1.82, 2.24) is 4.90 Å². The largest absolute Gasteiger partial charge is 0.480 e. The highest BCUT2D eigenvalue weighted by Crippen LogP contribution is 2.28. The van der Waals surface area contributed by atoms with E-state index in [0.29, 0.717) is 19.4 Å². The van der Waals surface area contributed by atoms with Crippen LogP contribution in [0.1, 0.15) is 29.6 Å². The molecule has 2 rings (SSSR count). The van der Waals surface area contributed by atoms with Crippen LogP contribution in [0.5, 0.6) is 0 Å². The van der Waals surface area contributed by atoms with Crippen LogP contribution in [0.15, 0.2) is 18.2 Å². The van der Waals surface area contributed by atoms with Crippen molar-refractivity contribution in [3.63, 3.8) is 0 Å². The van der Waals surface area contributed by atoms with Crippen LogP contribution in [-0.2, 0) is 4.79 Å². The number of carbonyl (C=O) groups excluding carboxylic acids is 1. The quantitative estimate of drug-likeness (QED) is 0.490. The van der Waals surface area contributed by atoms with Crippen molar-refractivity contribution in [2.24, 2.45) is 0 Å². The van der Waals surface area contributed by atoms with Gasteiger partial charge in [-0.2, -0.15) is 0 Å². The Morgan fingerprint density at radius 2 is 2.10 bits per heavy atom. The molecule has 0 radical (unpaired) electrons. The number of nitrogens with zero attached hydrogens (tertiary/aromatic N) is 2. The number of nitrogen functional groups attached to an aromatic ring is 1. The second-order valence-corrected chi connectivity index (χ2v) is 4.84. The fourth-order valence-electron chi connectivity index (χ4n) is 2.48. The van der Waals surface area contributed by atoms with Crippen molar-refractivity contribution >= 4 is 23.3 Å². The summed E-state index contributed by atoms with van der Waals surface area (Å²) in [6.45, 7) is 0.304. The minimum Gasteiger partial charge on any atom is -0.480 e. The number of nitrogens with two attached hydrogens (primary N) is 1. The zero-order valence-corrected chi connectivity index (χ0v) is 11.2. The average Bonchev–Trinajstić information content (AvgIpc) is 2.46. The molecule has 21 heavy (non-hydrogen) atoms. The summed E-state index contributed by atoms with van der Waals surface area (Å²) in [6, 6.07) is 3.03. The Morgan fingerprint density at radius 3 is 2.71 bits per heavy atom. The maximum Gasteiger partial charge on any atom is 0.326 e. The van der Waals surface area contributed by atoms with Crippen LogP contribution in [0.4, 0.5) is 11.4 Å². The SMILES string of the molecule is Nc1c(C(=O)N2CCCCC2C(=O)O)cccc1[N+](=O)[O-]. The predicted octanol–water partition coefficient (Wildman–Crippen LogP) is 1.26. The molecule has 1 atom stereocenters. The molecule has 1 amide bonds. The van der Waals surface area contributed by atoms with Gasteiger partial charge < -0.3 is 15.7 Å². The van der Waals surface area contributed by atoms with Gasteiger partial charge in [0, 0.05) is 12.6 Å². The third-order valence-corrected chi connectivity index (χ3v) is 3.56. The first-order chi connectivity index (χ1) is 9.93. The molecular weight excluding hydrogens is 278 g/mol. The summed E-state index contributed by atoms with van der Waals surface area (Å²) in [5.41, 5.74) is 5.06. The Morgan fingerprint density at radius 1 is 1.38 bits per heavy atom. The molecule has 112 valence electrons. The molecule has 1 aliphatic rings. The zero-order chi connectivity index (χ0) is 15.6. The Kier molecular flexibility index (Phi) is 4.06. The number of hydrogen-bond donors (Lipinski definition) is 2. The molecule has 0 saturated carbocycles. The summed E-state index contributed by atoms with van der Waals surface area (Å²) in [6.07, 6.45) is 1.80. The Labute approximate surface area is 120 Å². The second kappa shape index (κ2) is 5.78. The van der Waals surface area contributed by atoms with E-state index in [1.807, 2.05) is 0 Å². The van der Waals surface area contributed by atoms with Crippen molar-refractivity contribution in [3.8, 4) is 0 Å². The Hall–Kier alpha value is -2.64. The lowest BCUT2D eigenvalue weighted by Crippen LogP contribution is -2.48. The first-order valence-electron chi connectivity index (χ1n) is 6.50. The topological polar surface area (TPSA) is 127 Å². The summed E-state index contributed by atoms with van der Waals surface area (Å²) in [5, 5.41) is 20.0. The summed E-state index contributed by atoms with van der Waals surface area (Å²) in [5.74, 6) is -1.66. The average molecular weight is 293 g/mol. The van der Waals surface area contributed by atoms with Gasteiger partial charge in [-0.05, 0) is 25.3 Å². The van der Waals surface area contributed by atoms with Gasteiger partial charge in [0.05, 0.1) is 10.5 Å². The van der Waals surface area contributed by atoms with Gasteiger partial charge in [0.1, 0.15) is 11.7 Å². The van der Waals surface area contributed by atoms with E-state index in [4.69, 9.17) is 5.73 Å². The molecule has 1 aromatic carbocycles. The molecule has 1 aromatic rings. The van der Waals surface area contributed by atoms with Crippen molar-refractivity contribution in [2.75, 3.05) is 12.3 Å². The lowest BCUT2D eigenvalue weighted by atomic mass is 10.00. The van der Waals surface area contributed by atoms with Crippen LogP contribution in [0, 0.1) is 10.1 Å². The van der Waals surface area contributed by atoms with Gasteiger partial charge >= 0.3 is 5.97 Å². The van der Waals surface area contributed by atoms with E-state index in [0.717, 1.165) is 6.42 Å². The highest BCUT2D eigenvalue weighted by molar-refractivity contribution is 6.02. The van der Waals surface area contributed by atoms with Gasteiger partial charge in [-0.1, -0.05) is 6.07 Å². The van der Waals surface area contributed by atoms with Gasteiger partial charge in [0.25, 0.3) is 11.6 Å². The number of benzene rings is 1. The van der Waals surface area contributed by atoms with E-state index < -0.39 is 22.8 Å². The molecule has 1 aliphatic heterocycles. The molecule has 1 saturated heterocycles. The smallest absolute Gasteiger partial charge is 0.326 e. The van der Waals surface area contributed by atoms with E-state index in [2.05, 4.69) is 0 Å². The molecule has 8 heteroatoms. The van der Waals surface area contributed by atoms with Crippen molar-refractivity contribution in [1.29, 1.82) is 0 Å². The number of likely N-dealkylation sites (tertiary alicyclic amines) is 1. The van der Waals surface area contributed by atoms with E-state index in [-0.39, 0.29) is 16.9 Å². The number of nitro benzene ring substituents is 1. The first-order valence-corrected chi connectivity index (χ1v) is 6.50. The monoisotopic (exact) mass is 293 g/mol. The second-order valence-electron chi connectivity index (χ2n) is 4.84. The molecule has 0 bridgehead atoms. The number of hydrogen-bond acceptors (Lipinski definition) is 5. The standard InChI is InChI=1S/C13H15N3O5/c14-11-8(4-3-6-9(11)16(20)21)12(17)15-7-2-1-5-10(15)13(18)19/h3-4,6,10H,1-2,5,7,14H2,(H,18,19). The van der Waals surface area contributed by atoms with E-state index >= 15 is 0 Å². The number of para-hydroxylation sites is 1. The van der Waals surface area contributed by atoms with Gasteiger partial charge in [0.15, 0.2) is 0 Å². The summed E-state index contributed by atoms with van der Waals surface area (Å²) in [4.78, 5) is 35.1. The van der Waals surface area contributed by atoms with Crippen LogP contribution in [-0.4, -0.2) is 39.4 Å². The highest BCUT2D eigenvalue weighted by atomic mass is 16.6. The third kappa shape index (κ3) is 2.78. The molecule has 1 heterocycles. The minimum absolute atomic E-state index is 0.0302. The zero-order valence-electron chi connectivity index (χ0n) is 11.2. The lowest BCUT2D eigenvalue weighted by molar-refractivity contribution is -0.383. The Bertz CT molecular complexity index is 601. The fraction of sp³-hybridized carbons (Fsp3) is 0.385. The molecule has 0 aliphatic carbocycles. The third-order valence-electron chi connectivity index (χ3n) is 3.56. The maximum atomic E-state index is 12.5. The number of piperidine rings is 1. The number of carboxylic acids is 1. The highest BCUT2D eigenvalue weighted by Gasteiger charge is 2.34. The number of nitro groups is 1. The number of carboxylic acid groups (broad SMARTS) is 1. The van der Waals surface area contributed by atoms with Gasteiger partial charge in [-0.3, -0.25) is 14.9 Å². The first kappa shape index (κ1) is 14.8.